The summed E-state index contributed by atoms with van der Waals surface area (Å²) >= 11 is 0. The van der Waals surface area contributed by atoms with Gasteiger partial charge >= 0.3 is 0 Å². The largest absolute Gasteiger partial charge is 0.493 e. The molecule has 2 aliphatic rings. The Morgan fingerprint density at radius 3 is 2.33 bits per heavy atom. The van der Waals surface area contributed by atoms with Crippen LogP contribution in [0.15, 0.2) is 54.3 Å². The summed E-state index contributed by atoms with van der Waals surface area (Å²) in [5.74, 6) is 2.89. The summed E-state index contributed by atoms with van der Waals surface area (Å²) in [4.78, 5) is 15.7. The highest BCUT2D eigenvalue weighted by molar-refractivity contribution is 6.16. The van der Waals surface area contributed by atoms with Gasteiger partial charge in [0.25, 0.3) is 0 Å². The minimum atomic E-state index is -0.160. The van der Waals surface area contributed by atoms with E-state index in [9.17, 15) is 4.79 Å². The number of allylic oxidation sites excluding steroid dienone is 1. The molecule has 36 heavy (non-hydrogen) atoms. The van der Waals surface area contributed by atoms with Crippen LogP contribution in [0.3, 0.4) is 0 Å². The molecule has 3 aromatic rings. The van der Waals surface area contributed by atoms with Gasteiger partial charge in [-0.2, -0.15) is 0 Å². The molecular weight excluding hydrogens is 458 g/mol. The molecule has 1 atom stereocenters. The van der Waals surface area contributed by atoms with Crippen LogP contribution >= 0.6 is 0 Å². The number of methoxy groups -OCH3 is 3. The van der Waals surface area contributed by atoms with Crippen molar-refractivity contribution in [3.8, 4) is 28.7 Å². The van der Waals surface area contributed by atoms with Crippen molar-refractivity contribution in [1.82, 2.24) is 4.90 Å². The Kier molecular flexibility index (Phi) is 6.33. The lowest BCUT2D eigenvalue weighted by molar-refractivity contribution is 0.0605. The fourth-order valence-electron chi connectivity index (χ4n) is 4.77. The standard InChI is InChI=1S/C29H29NO6/c1-17-11-22-21(15-30(16-35-22)18(2)20-9-7-6-8-10-20)28-26(17)27(31)23(36-28)12-19-13-24(32-3)29(34-5)25(14-19)33-4/h6-14,18H,15-16H2,1-5H3/b23-12-. The normalized spacial score (nSPS) is 16.6. The Morgan fingerprint density at radius 1 is 1.00 bits per heavy atom. The molecule has 0 fully saturated rings. The van der Waals surface area contributed by atoms with Crippen molar-refractivity contribution in [3.05, 3.63) is 82.1 Å². The number of carbonyl (C=O) groups excluding carboxylic acids is 1. The minimum absolute atomic E-state index is 0.141. The smallest absolute Gasteiger partial charge is 0.232 e. The second kappa shape index (κ2) is 9.59. The van der Waals surface area contributed by atoms with Gasteiger partial charge in [0, 0.05) is 12.6 Å². The predicted molar refractivity (Wildman–Crippen MR) is 136 cm³/mol. The molecule has 0 saturated carbocycles. The molecule has 0 N–H and O–H groups in total. The number of ether oxygens (including phenoxy) is 5. The molecule has 0 spiro atoms. The molecule has 0 radical (unpaired) electrons. The first kappa shape index (κ1) is 23.8. The van der Waals surface area contributed by atoms with E-state index in [1.807, 2.05) is 31.2 Å². The first-order valence-corrected chi connectivity index (χ1v) is 11.8. The molecule has 1 unspecified atom stereocenters. The molecule has 2 heterocycles. The van der Waals surface area contributed by atoms with Crippen molar-refractivity contribution in [1.29, 1.82) is 0 Å². The number of hydrogen-bond donors (Lipinski definition) is 0. The molecule has 0 amide bonds. The zero-order valence-corrected chi connectivity index (χ0v) is 21.1. The average molecular weight is 488 g/mol. The van der Waals surface area contributed by atoms with Gasteiger partial charge < -0.3 is 23.7 Å². The van der Waals surface area contributed by atoms with E-state index in [4.69, 9.17) is 23.7 Å². The van der Waals surface area contributed by atoms with E-state index in [0.717, 1.165) is 16.9 Å². The van der Waals surface area contributed by atoms with Crippen molar-refractivity contribution in [2.75, 3.05) is 28.1 Å². The Balaban J connectivity index is 1.50. The van der Waals surface area contributed by atoms with Gasteiger partial charge in [0.05, 0.1) is 32.5 Å². The number of nitrogens with zero attached hydrogens (tertiary/aromatic N) is 1. The lowest BCUT2D eigenvalue weighted by Crippen LogP contribution is -2.34. The number of benzene rings is 3. The molecule has 5 rings (SSSR count). The summed E-state index contributed by atoms with van der Waals surface area (Å²) in [6, 6.07) is 15.9. The van der Waals surface area contributed by atoms with Crippen LogP contribution < -0.4 is 23.7 Å². The highest BCUT2D eigenvalue weighted by Crippen LogP contribution is 2.45. The summed E-state index contributed by atoms with van der Waals surface area (Å²) in [6.45, 7) is 5.13. The monoisotopic (exact) mass is 487 g/mol. The van der Waals surface area contributed by atoms with E-state index in [1.54, 1.807) is 39.5 Å². The lowest BCUT2D eigenvalue weighted by Gasteiger charge is -2.34. The van der Waals surface area contributed by atoms with E-state index in [2.05, 4.69) is 24.0 Å². The van der Waals surface area contributed by atoms with Crippen LogP contribution in [-0.2, 0) is 6.54 Å². The number of carbonyl (C=O) groups is 1. The average Bonchev–Trinajstić information content (AvgIpc) is 3.24. The van der Waals surface area contributed by atoms with Crippen LogP contribution in [0.5, 0.6) is 28.7 Å². The molecule has 7 heteroatoms. The Bertz CT molecular complexity index is 1320. The van der Waals surface area contributed by atoms with E-state index >= 15 is 0 Å². The SMILES string of the molecule is COc1cc(/C=C2\Oc3c4c(cc(C)c3C2=O)OCN(C(C)c2ccccc2)C4)cc(OC)c1OC. The molecule has 3 aromatic carbocycles. The fraction of sp³-hybridized carbons (Fsp3) is 0.276. The summed E-state index contributed by atoms with van der Waals surface area (Å²) in [5, 5.41) is 0. The second-order valence-corrected chi connectivity index (χ2v) is 8.88. The van der Waals surface area contributed by atoms with Crippen molar-refractivity contribution in [2.24, 2.45) is 0 Å². The molecule has 0 bridgehead atoms. The van der Waals surface area contributed by atoms with Gasteiger partial charge in [0.2, 0.25) is 11.5 Å². The van der Waals surface area contributed by atoms with Gasteiger partial charge in [-0.25, -0.2) is 0 Å². The maximum atomic E-state index is 13.4. The topological polar surface area (TPSA) is 66.5 Å². The summed E-state index contributed by atoms with van der Waals surface area (Å²) in [6.07, 6.45) is 1.70. The third-order valence-corrected chi connectivity index (χ3v) is 6.76. The molecule has 186 valence electrons. The second-order valence-electron chi connectivity index (χ2n) is 8.88. The molecule has 0 aromatic heterocycles. The number of fused-ring (bicyclic) bond motifs is 3. The van der Waals surface area contributed by atoms with Crippen LogP contribution in [0.4, 0.5) is 0 Å². The third kappa shape index (κ3) is 4.05. The quantitative estimate of drug-likeness (QED) is 0.422. The highest BCUT2D eigenvalue weighted by atomic mass is 16.5. The van der Waals surface area contributed by atoms with E-state index in [0.29, 0.717) is 47.4 Å². The van der Waals surface area contributed by atoms with Crippen molar-refractivity contribution >= 4 is 11.9 Å². The van der Waals surface area contributed by atoms with Crippen LogP contribution in [0.1, 0.15) is 45.6 Å². The van der Waals surface area contributed by atoms with Crippen molar-refractivity contribution < 1.29 is 28.5 Å². The van der Waals surface area contributed by atoms with E-state index < -0.39 is 0 Å². The molecule has 0 aliphatic carbocycles. The van der Waals surface area contributed by atoms with Gasteiger partial charge in [0.1, 0.15) is 18.2 Å². The minimum Gasteiger partial charge on any atom is -0.493 e. The molecule has 0 saturated heterocycles. The Hall–Kier alpha value is -3.97. The first-order valence-electron chi connectivity index (χ1n) is 11.8. The number of Topliss-reactive ketones (excluding diaryl/α,β-unsaturated/α-hetero) is 1. The molecular formula is C29H29NO6. The van der Waals surface area contributed by atoms with Crippen LogP contribution in [0.25, 0.3) is 6.08 Å². The Morgan fingerprint density at radius 2 is 1.69 bits per heavy atom. The van der Waals surface area contributed by atoms with E-state index in [1.165, 1.54) is 5.56 Å². The van der Waals surface area contributed by atoms with Crippen LogP contribution in [0.2, 0.25) is 0 Å². The number of hydrogen-bond acceptors (Lipinski definition) is 7. The van der Waals surface area contributed by atoms with Gasteiger partial charge in [-0.05, 0) is 54.8 Å². The van der Waals surface area contributed by atoms with Crippen LogP contribution in [0, 0.1) is 6.92 Å². The number of aryl methyl sites for hydroxylation is 1. The lowest BCUT2D eigenvalue weighted by atomic mass is 9.97. The third-order valence-electron chi connectivity index (χ3n) is 6.76. The van der Waals surface area contributed by atoms with Gasteiger partial charge in [-0.1, -0.05) is 30.3 Å². The van der Waals surface area contributed by atoms with Crippen molar-refractivity contribution in [3.63, 3.8) is 0 Å². The van der Waals surface area contributed by atoms with E-state index in [-0.39, 0.29) is 17.6 Å². The molecule has 2 aliphatic heterocycles. The highest BCUT2D eigenvalue weighted by Gasteiger charge is 2.36. The first-order chi connectivity index (χ1) is 17.4. The summed E-state index contributed by atoms with van der Waals surface area (Å²) in [5.41, 5.74) is 4.18. The van der Waals surface area contributed by atoms with Crippen molar-refractivity contribution in [2.45, 2.75) is 26.4 Å². The van der Waals surface area contributed by atoms with Gasteiger partial charge in [-0.15, -0.1) is 0 Å². The zero-order chi connectivity index (χ0) is 25.4. The molecule has 7 nitrogen and oxygen atoms in total. The fourth-order valence-corrected chi connectivity index (χ4v) is 4.77. The maximum absolute atomic E-state index is 13.4. The van der Waals surface area contributed by atoms with Gasteiger partial charge in [0.15, 0.2) is 17.3 Å². The maximum Gasteiger partial charge on any atom is 0.232 e. The zero-order valence-electron chi connectivity index (χ0n) is 21.1. The Labute approximate surface area is 210 Å². The summed E-state index contributed by atoms with van der Waals surface area (Å²) < 4.78 is 28.7. The van der Waals surface area contributed by atoms with Crippen LogP contribution in [-0.4, -0.2) is 38.7 Å². The number of ketones is 1. The predicted octanol–water partition coefficient (Wildman–Crippen LogP) is 5.55. The van der Waals surface area contributed by atoms with Gasteiger partial charge in [-0.3, -0.25) is 9.69 Å². The number of rotatable bonds is 6. The summed E-state index contributed by atoms with van der Waals surface area (Å²) in [7, 11) is 4.66.